The van der Waals surface area contributed by atoms with Crippen LogP contribution in [0.25, 0.3) is 0 Å². The molecule has 0 aliphatic carbocycles. The minimum Gasteiger partial charge on any atom is -0.387 e. The van der Waals surface area contributed by atoms with Gasteiger partial charge in [-0.05, 0) is 136 Å². The van der Waals surface area contributed by atoms with E-state index >= 15 is 0 Å². The molecule has 1 fully saturated rings. The van der Waals surface area contributed by atoms with E-state index in [1.54, 1.807) is 0 Å². The molecular formula is C6H14O41P2. The summed E-state index contributed by atoms with van der Waals surface area (Å²) in [5.41, 5.74) is 0. The highest BCUT2D eigenvalue weighted by molar-refractivity contribution is 7.48. The lowest BCUT2D eigenvalue weighted by Gasteiger charge is -2.25. The normalized spacial score (nSPS) is 22.6. The maximum Gasteiger partial charge on any atom is 0.534 e. The zero-order chi connectivity index (χ0) is 36.3. The summed E-state index contributed by atoms with van der Waals surface area (Å²) in [6.07, 6.45) is -6.38. The highest BCUT2D eigenvalue weighted by Gasteiger charge is 2.55. The molecule has 1 saturated heterocycles. The number of rotatable bonds is 35. The lowest BCUT2D eigenvalue weighted by atomic mass is 10.1. The summed E-state index contributed by atoms with van der Waals surface area (Å²) >= 11 is 0. The van der Waals surface area contributed by atoms with Gasteiger partial charge in [0.25, 0.3) is 0 Å². The molecule has 0 amide bonds. The quantitative estimate of drug-likeness (QED) is 0.0140. The summed E-state index contributed by atoms with van der Waals surface area (Å²) in [5, 5.41) is 138. The average molecular weight is 804 g/mol. The van der Waals surface area contributed by atoms with Gasteiger partial charge in [-0.15, -0.1) is 0 Å². The largest absolute Gasteiger partial charge is 0.534 e. The Kier molecular flexibility index (Phi) is 25.8. The average Bonchev–Trinajstić information content (AvgIpc) is 3.28. The van der Waals surface area contributed by atoms with E-state index in [1.807, 2.05) is 0 Å². The molecule has 1 aliphatic rings. The van der Waals surface area contributed by atoms with Crippen molar-refractivity contribution in [2.75, 3.05) is 13.2 Å². The number of hydrogen-bond donors (Lipinski definition) is 7. The number of phosphoric ester groups is 1. The summed E-state index contributed by atoms with van der Waals surface area (Å²) in [5.74, 6) is -2.97. The van der Waals surface area contributed by atoms with Crippen LogP contribution in [-0.2, 0) is 168 Å². The van der Waals surface area contributed by atoms with Crippen molar-refractivity contribution in [3.63, 3.8) is 0 Å². The second-order valence-corrected chi connectivity index (χ2v) is 8.63. The predicted molar refractivity (Wildman–Crippen MR) is 90.1 cm³/mol. The first-order valence-corrected chi connectivity index (χ1v) is 12.8. The molecular weight excluding hydrogens is 790 g/mol. The van der Waals surface area contributed by atoms with Crippen molar-refractivity contribution in [3.8, 4) is 0 Å². The Morgan fingerprint density at radius 2 is 0.857 bits per heavy atom. The van der Waals surface area contributed by atoms with Crippen LogP contribution >= 0.6 is 15.6 Å². The molecule has 5 unspecified atom stereocenters. The Balaban J connectivity index is 2.43. The van der Waals surface area contributed by atoms with Crippen molar-refractivity contribution in [2.45, 2.75) is 24.1 Å². The molecule has 294 valence electrons. The second-order valence-electron chi connectivity index (χ2n) is 5.94. The number of ether oxygens (including phenoxy) is 1. The van der Waals surface area contributed by atoms with Crippen LogP contribution in [0.4, 0.5) is 0 Å². The molecule has 1 rings (SSSR count). The Labute approximate surface area is 258 Å². The minimum absolute atomic E-state index is 1.25. The maximum atomic E-state index is 12.6. The minimum atomic E-state index is -5.44. The van der Waals surface area contributed by atoms with Crippen LogP contribution in [0.15, 0.2) is 0 Å². The van der Waals surface area contributed by atoms with Crippen molar-refractivity contribution >= 4 is 15.6 Å². The molecule has 1 aliphatic heterocycles. The summed E-state index contributed by atoms with van der Waals surface area (Å²) in [7, 11) is -10.7. The molecule has 0 aromatic rings. The molecule has 5 atom stereocenters. The van der Waals surface area contributed by atoms with Crippen molar-refractivity contribution in [1.29, 1.82) is 0 Å². The van der Waals surface area contributed by atoms with Crippen molar-refractivity contribution in [1.82, 2.24) is 0 Å². The van der Waals surface area contributed by atoms with Crippen molar-refractivity contribution in [3.05, 3.63) is 0 Å². The van der Waals surface area contributed by atoms with E-state index in [9.17, 15) is 24.4 Å². The van der Waals surface area contributed by atoms with Crippen LogP contribution in [0.3, 0.4) is 0 Å². The Morgan fingerprint density at radius 1 is 0.531 bits per heavy atom. The van der Waals surface area contributed by atoms with E-state index in [0.29, 0.717) is 0 Å². The van der Waals surface area contributed by atoms with Gasteiger partial charge >= 0.3 is 15.6 Å². The molecule has 43 heteroatoms. The van der Waals surface area contributed by atoms with Gasteiger partial charge in [0, 0.05) is 0 Å². The summed E-state index contributed by atoms with van der Waals surface area (Å²) < 4.78 is 44.8. The van der Waals surface area contributed by atoms with Gasteiger partial charge in [0.05, 0.1) is 6.61 Å². The zero-order valence-corrected chi connectivity index (χ0v) is 23.3. The van der Waals surface area contributed by atoms with Crippen LogP contribution in [0, 0.1) is 0 Å². The first-order valence-electron chi connectivity index (χ1n) is 9.83. The van der Waals surface area contributed by atoms with Gasteiger partial charge in [0.15, 0.2) is 0 Å². The number of hydrogen-bond acceptors (Lipinski definition) is 39. The number of aliphatic hydroxyl groups is 3. The second kappa shape index (κ2) is 27.5. The molecule has 0 aromatic carbocycles. The molecule has 0 spiro atoms. The Morgan fingerprint density at radius 3 is 1.18 bits per heavy atom. The van der Waals surface area contributed by atoms with Crippen LogP contribution in [0.5, 0.6) is 0 Å². The van der Waals surface area contributed by atoms with Crippen molar-refractivity contribution in [2.24, 2.45) is 0 Å². The first kappa shape index (κ1) is 45.9. The molecule has 0 saturated carbocycles. The van der Waals surface area contributed by atoms with Gasteiger partial charge in [-0.1, -0.05) is 9.35 Å². The summed E-state index contributed by atoms with van der Waals surface area (Å²) in [6.45, 7) is -2.66. The van der Waals surface area contributed by atoms with Gasteiger partial charge in [-0.2, -0.15) is 0 Å². The summed E-state index contributed by atoms with van der Waals surface area (Å²) in [4.78, 5) is 17.5. The summed E-state index contributed by atoms with van der Waals surface area (Å²) in [6, 6.07) is 0. The third-order valence-electron chi connectivity index (χ3n) is 3.30. The third-order valence-corrected chi connectivity index (χ3v) is 4.72. The molecule has 0 bridgehead atoms. The molecule has 0 aromatic heterocycles. The van der Waals surface area contributed by atoms with Crippen LogP contribution in [-0.4, -0.2) is 72.9 Å². The smallest absolute Gasteiger partial charge is 0.387 e. The van der Waals surface area contributed by atoms with Gasteiger partial charge in [0.1, 0.15) is 24.9 Å². The van der Waals surface area contributed by atoms with Crippen molar-refractivity contribution < 1.29 is 204 Å². The Hall–Kier alpha value is -1.10. The lowest BCUT2D eigenvalue weighted by molar-refractivity contribution is -0.882. The fourth-order valence-electron chi connectivity index (χ4n) is 1.88. The van der Waals surface area contributed by atoms with Crippen LogP contribution in [0.1, 0.15) is 0 Å². The number of phosphoric acid groups is 2. The number of aliphatic hydroxyl groups excluding tert-OH is 2. The van der Waals surface area contributed by atoms with Gasteiger partial charge in [-0.25, -0.2) is 19.6 Å². The SMILES string of the molecule is O=P(O)(O)OCC1(O)OC(COP(=O)(OOOOOOOOOOOOOOO)OOOOOOOOOOOOOOOO)C(O)C1O. The third kappa shape index (κ3) is 23.2. The van der Waals surface area contributed by atoms with Crippen LogP contribution in [0.2, 0.25) is 0 Å². The first-order chi connectivity index (χ1) is 23.5. The molecule has 41 nitrogen and oxygen atoms in total. The van der Waals surface area contributed by atoms with Gasteiger partial charge in [0.2, 0.25) is 5.79 Å². The topological polar surface area (TPSA) is 471 Å². The van der Waals surface area contributed by atoms with E-state index in [2.05, 4.69) is 154 Å². The van der Waals surface area contributed by atoms with E-state index in [-0.39, 0.29) is 0 Å². The van der Waals surface area contributed by atoms with Gasteiger partial charge < -0.3 is 29.8 Å². The fraction of sp³-hybridized carbons (Fsp3) is 1.00. The molecule has 7 N–H and O–H groups in total. The highest BCUT2D eigenvalue weighted by atomic mass is 31.2. The maximum absolute atomic E-state index is 12.6. The fourth-order valence-corrected chi connectivity index (χ4v) is 2.88. The van der Waals surface area contributed by atoms with E-state index in [0.717, 1.165) is 0 Å². The van der Waals surface area contributed by atoms with E-state index in [4.69, 9.17) is 25.0 Å². The molecule has 49 heavy (non-hydrogen) atoms. The lowest BCUT2D eigenvalue weighted by Crippen LogP contribution is -2.46. The molecule has 0 radical (unpaired) electrons. The van der Waals surface area contributed by atoms with Gasteiger partial charge in [-0.3, -0.25) is 9.05 Å². The Bertz CT molecular complexity index is 863. The van der Waals surface area contributed by atoms with E-state index in [1.165, 1.54) is 0 Å². The standard InChI is InChI=1S/C6H14O41P2/c7-4-3(18-6(9,5(4)8)2-17-48(12,13)14)1-16-49(15,46-44-42-40-38-36-34-32-30-28-26-24-22-20-11)47-45-43-41-39-37-35-33-31-29-27-25-23-21-19-10/h3-5,7-11H,1-2H2,(H2,12,13,14). The highest BCUT2D eigenvalue weighted by Crippen LogP contribution is 2.51. The zero-order valence-electron chi connectivity index (χ0n) is 21.6. The van der Waals surface area contributed by atoms with Crippen LogP contribution < -0.4 is 0 Å². The van der Waals surface area contributed by atoms with E-state index < -0.39 is 53.0 Å². The monoisotopic (exact) mass is 804 g/mol. The predicted octanol–water partition coefficient (Wildman–Crippen LogP) is -3.84. The molecule has 1 heterocycles.